The van der Waals surface area contributed by atoms with Crippen LogP contribution in [-0.2, 0) is 11.2 Å². The Morgan fingerprint density at radius 1 is 1.06 bits per heavy atom. The van der Waals surface area contributed by atoms with Gasteiger partial charge in [-0.05, 0) is 42.3 Å². The van der Waals surface area contributed by atoms with Crippen LogP contribution in [0.5, 0.6) is 11.5 Å². The van der Waals surface area contributed by atoms with Crippen LogP contribution < -0.4 is 4.74 Å². The fourth-order valence-corrected chi connectivity index (χ4v) is 3.99. The summed E-state index contributed by atoms with van der Waals surface area (Å²) in [6.07, 6.45) is -5.66. The molecule has 0 radical (unpaired) electrons. The molecule has 5 N–H and O–H groups in total. The summed E-state index contributed by atoms with van der Waals surface area (Å²) < 4.78 is 16.2. The number of carbonyl (C=O) groups excluding carboxylic acids is 1. The van der Waals surface area contributed by atoms with Gasteiger partial charge in [0.25, 0.3) is 0 Å². The highest BCUT2D eigenvalue weighted by molar-refractivity contribution is 6.31. The van der Waals surface area contributed by atoms with Crippen LogP contribution >= 0.6 is 11.6 Å². The number of carbonyl (C=O) groups is 1. The minimum Gasteiger partial charge on any atom is -0.507 e. The van der Waals surface area contributed by atoms with Crippen molar-refractivity contribution in [2.45, 2.75) is 43.5 Å². The summed E-state index contributed by atoms with van der Waals surface area (Å²) in [6.45, 7) is -0.640. The number of aliphatic hydroxyl groups is 4. The Labute approximate surface area is 193 Å². The van der Waals surface area contributed by atoms with E-state index in [9.17, 15) is 30.3 Å². The number of Topliss-reactive ketones (excluding diaryl/α,β-unsaturated/α-hetero) is 1. The van der Waals surface area contributed by atoms with Gasteiger partial charge in [-0.2, -0.15) is 0 Å². The van der Waals surface area contributed by atoms with E-state index in [-0.39, 0.29) is 22.8 Å². The zero-order chi connectivity index (χ0) is 23.7. The number of fused-ring (bicyclic) bond motifs is 1. The van der Waals surface area contributed by atoms with Gasteiger partial charge < -0.3 is 39.4 Å². The van der Waals surface area contributed by atoms with E-state index in [0.29, 0.717) is 6.42 Å². The number of aryl methyl sites for hydroxylation is 1. The number of hydrogen-bond donors (Lipinski definition) is 5. The maximum atomic E-state index is 13.0. The van der Waals surface area contributed by atoms with E-state index in [4.69, 9.17) is 25.5 Å². The topological polar surface area (TPSA) is 150 Å². The van der Waals surface area contributed by atoms with E-state index in [1.165, 1.54) is 12.1 Å². The van der Waals surface area contributed by atoms with Gasteiger partial charge >= 0.3 is 0 Å². The van der Waals surface area contributed by atoms with Gasteiger partial charge in [0.15, 0.2) is 5.78 Å². The van der Waals surface area contributed by atoms with Crippen molar-refractivity contribution >= 4 is 28.4 Å². The molecular formula is C23H23ClO9. The summed E-state index contributed by atoms with van der Waals surface area (Å²) in [4.78, 5) is 13.0. The van der Waals surface area contributed by atoms with Gasteiger partial charge in [0.05, 0.1) is 12.9 Å². The van der Waals surface area contributed by atoms with Crippen LogP contribution in [0.25, 0.3) is 11.0 Å². The first-order valence-electron chi connectivity index (χ1n) is 10.3. The van der Waals surface area contributed by atoms with Crippen molar-refractivity contribution in [3.8, 4) is 11.5 Å². The van der Waals surface area contributed by atoms with Crippen molar-refractivity contribution in [1.82, 2.24) is 0 Å². The van der Waals surface area contributed by atoms with E-state index in [2.05, 4.69) is 0 Å². The predicted octanol–water partition coefficient (Wildman–Crippen LogP) is 1.79. The number of aromatic hydroxyl groups is 1. The largest absolute Gasteiger partial charge is 0.507 e. The normalized spacial score (nSPS) is 25.3. The number of furan rings is 1. The van der Waals surface area contributed by atoms with Crippen LogP contribution in [0, 0.1) is 0 Å². The summed E-state index contributed by atoms with van der Waals surface area (Å²) in [5.74, 6) is -1.03. The summed E-state index contributed by atoms with van der Waals surface area (Å²) in [7, 11) is 0. The molecule has 10 heteroatoms. The van der Waals surface area contributed by atoms with Crippen molar-refractivity contribution < 1.29 is 44.2 Å². The number of ether oxygens (including phenoxy) is 2. The molecule has 33 heavy (non-hydrogen) atoms. The average Bonchev–Trinajstić information content (AvgIpc) is 3.25. The lowest BCUT2D eigenvalue weighted by atomic mass is 9.99. The summed E-state index contributed by atoms with van der Waals surface area (Å²) in [5.41, 5.74) is 1.46. The second kappa shape index (κ2) is 9.68. The second-order valence-corrected chi connectivity index (χ2v) is 8.27. The van der Waals surface area contributed by atoms with Crippen LogP contribution in [0.2, 0.25) is 5.02 Å². The Bertz CT molecular complexity index is 1140. The Morgan fingerprint density at radius 3 is 2.61 bits per heavy atom. The number of aliphatic hydroxyl groups excluding tert-OH is 4. The smallest absolute Gasteiger partial charge is 0.229 e. The lowest BCUT2D eigenvalue weighted by molar-refractivity contribution is -0.277. The summed E-state index contributed by atoms with van der Waals surface area (Å²) in [6, 6.07) is 9.83. The second-order valence-electron chi connectivity index (χ2n) is 7.83. The molecule has 1 fully saturated rings. The zero-order valence-corrected chi connectivity index (χ0v) is 18.1. The first-order valence-corrected chi connectivity index (χ1v) is 10.6. The molecule has 0 spiro atoms. The van der Waals surface area contributed by atoms with Crippen molar-refractivity contribution in [1.29, 1.82) is 0 Å². The molecule has 5 unspecified atom stereocenters. The molecule has 5 atom stereocenters. The average molecular weight is 479 g/mol. The molecule has 2 heterocycles. The van der Waals surface area contributed by atoms with Crippen molar-refractivity contribution in [2.24, 2.45) is 0 Å². The van der Waals surface area contributed by atoms with Gasteiger partial charge in [-0.25, -0.2) is 0 Å². The number of ketones is 1. The SMILES string of the molecule is O=C(CCc1ccc2occc2c1)c1c(O)cc(Cl)cc1OC1OC(CO)C(O)C(O)C1O. The van der Waals surface area contributed by atoms with Crippen LogP contribution in [0.1, 0.15) is 22.3 Å². The summed E-state index contributed by atoms with van der Waals surface area (Å²) in [5, 5.41) is 50.9. The van der Waals surface area contributed by atoms with Crippen molar-refractivity contribution in [3.63, 3.8) is 0 Å². The molecule has 176 valence electrons. The number of benzene rings is 2. The maximum absolute atomic E-state index is 13.0. The Balaban J connectivity index is 1.55. The monoisotopic (exact) mass is 478 g/mol. The molecule has 1 aliphatic heterocycles. The third kappa shape index (κ3) is 4.84. The minimum absolute atomic E-state index is 0.0313. The molecule has 0 bridgehead atoms. The van der Waals surface area contributed by atoms with Crippen LogP contribution in [0.3, 0.4) is 0 Å². The Morgan fingerprint density at radius 2 is 1.85 bits per heavy atom. The van der Waals surface area contributed by atoms with Crippen molar-refractivity contribution in [3.05, 3.63) is 58.8 Å². The highest BCUT2D eigenvalue weighted by Gasteiger charge is 2.45. The van der Waals surface area contributed by atoms with E-state index < -0.39 is 48.8 Å². The molecule has 3 aromatic rings. The van der Waals surface area contributed by atoms with Crippen molar-refractivity contribution in [2.75, 3.05) is 6.61 Å². The number of phenols is 1. The third-order valence-electron chi connectivity index (χ3n) is 5.57. The fourth-order valence-electron chi connectivity index (χ4n) is 3.79. The van der Waals surface area contributed by atoms with Gasteiger partial charge in [-0.1, -0.05) is 17.7 Å². The first kappa shape index (κ1) is 23.5. The molecule has 1 aliphatic rings. The highest BCUT2D eigenvalue weighted by Crippen LogP contribution is 2.35. The Kier molecular flexibility index (Phi) is 6.89. The maximum Gasteiger partial charge on any atom is 0.229 e. The van der Waals surface area contributed by atoms with Gasteiger partial charge in [0.1, 0.15) is 47.1 Å². The van der Waals surface area contributed by atoms with Gasteiger partial charge in [0.2, 0.25) is 6.29 Å². The molecule has 1 aromatic heterocycles. The Hall–Kier alpha value is -2.66. The molecule has 2 aromatic carbocycles. The quantitative estimate of drug-likeness (QED) is 0.320. The first-order chi connectivity index (χ1) is 15.8. The van der Waals surface area contributed by atoms with E-state index in [1.807, 2.05) is 24.3 Å². The van der Waals surface area contributed by atoms with E-state index >= 15 is 0 Å². The van der Waals surface area contributed by atoms with Gasteiger partial charge in [0, 0.05) is 16.8 Å². The lowest BCUT2D eigenvalue weighted by Crippen LogP contribution is -2.60. The van der Waals surface area contributed by atoms with E-state index in [0.717, 1.165) is 16.5 Å². The molecular weight excluding hydrogens is 456 g/mol. The van der Waals surface area contributed by atoms with Crippen LogP contribution in [0.15, 0.2) is 47.1 Å². The van der Waals surface area contributed by atoms with E-state index in [1.54, 1.807) is 6.26 Å². The molecule has 0 aliphatic carbocycles. The van der Waals surface area contributed by atoms with Gasteiger partial charge in [-0.3, -0.25) is 4.79 Å². The fraction of sp³-hybridized carbons (Fsp3) is 0.348. The number of rotatable bonds is 7. The lowest BCUT2D eigenvalue weighted by Gasteiger charge is -2.39. The third-order valence-corrected chi connectivity index (χ3v) is 5.79. The van der Waals surface area contributed by atoms with Crippen LogP contribution in [0.4, 0.5) is 0 Å². The molecule has 4 rings (SSSR count). The molecule has 0 amide bonds. The zero-order valence-electron chi connectivity index (χ0n) is 17.3. The molecule has 0 saturated carbocycles. The van der Waals surface area contributed by atoms with Gasteiger partial charge in [-0.15, -0.1) is 0 Å². The molecule has 1 saturated heterocycles. The standard InChI is InChI=1S/C23H23ClO9/c24-13-8-15(27)19(14(26)3-1-11-2-4-16-12(7-11)5-6-31-16)17(9-13)32-23-22(30)21(29)20(28)18(10-25)33-23/h2,4-9,18,20-23,25,27-30H,1,3,10H2. The molecule has 9 nitrogen and oxygen atoms in total. The minimum atomic E-state index is -1.69. The highest BCUT2D eigenvalue weighted by atomic mass is 35.5. The van der Waals surface area contributed by atoms with Crippen LogP contribution in [-0.4, -0.2) is 68.6 Å². The number of halogens is 1. The number of hydrogen-bond acceptors (Lipinski definition) is 9. The summed E-state index contributed by atoms with van der Waals surface area (Å²) >= 11 is 6.01. The number of phenolic OH excluding ortho intramolecular Hbond substituents is 1. The predicted molar refractivity (Wildman–Crippen MR) is 116 cm³/mol.